The van der Waals surface area contributed by atoms with Crippen LogP contribution >= 0.6 is 14.5 Å². The summed E-state index contributed by atoms with van der Waals surface area (Å²) < 4.78 is 0. The van der Waals surface area contributed by atoms with Crippen molar-refractivity contribution >= 4 is 46.4 Å². The van der Waals surface area contributed by atoms with E-state index in [0.717, 1.165) is 12.3 Å². The van der Waals surface area contributed by atoms with Gasteiger partial charge < -0.3 is 12.4 Å². The van der Waals surface area contributed by atoms with E-state index in [1.807, 2.05) is 0 Å². The second kappa shape index (κ2) is 14.6. The predicted molar refractivity (Wildman–Crippen MR) is 189 cm³/mol. The van der Waals surface area contributed by atoms with Crippen LogP contribution in [0.3, 0.4) is 0 Å². The van der Waals surface area contributed by atoms with Crippen LogP contribution in [0.25, 0.3) is 0 Å². The summed E-state index contributed by atoms with van der Waals surface area (Å²) in [5, 5.41) is 8.51. The van der Waals surface area contributed by atoms with Crippen LogP contribution < -0.4 is 44.2 Å². The lowest BCUT2D eigenvalue weighted by atomic mass is 10.4. The Bertz CT molecular complexity index is 1370. The van der Waals surface area contributed by atoms with E-state index in [0.29, 0.717) is 0 Å². The summed E-state index contributed by atoms with van der Waals surface area (Å²) in [5.74, 6) is 0. The minimum Gasteiger partial charge on any atom is -1.00 e. The average Bonchev–Trinajstić information content (AvgIpc) is 3.09. The zero-order valence-electron chi connectivity index (χ0n) is 24.2. The largest absolute Gasteiger partial charge is 1.00 e. The molecule has 6 aromatic carbocycles. The van der Waals surface area contributed by atoms with Gasteiger partial charge in [-0.25, -0.2) is 0 Å². The Morgan fingerprint density at radius 3 is 0.605 bits per heavy atom. The summed E-state index contributed by atoms with van der Waals surface area (Å²) in [6.45, 7) is 0. The van der Waals surface area contributed by atoms with Gasteiger partial charge >= 0.3 is 0 Å². The molecule has 212 valence electrons. The molecule has 0 saturated heterocycles. The number of rotatable bonds is 10. The van der Waals surface area contributed by atoms with E-state index in [-0.39, 0.29) is 12.4 Å². The third-order valence-electron chi connectivity index (χ3n) is 8.11. The first kappa shape index (κ1) is 30.7. The Hall–Kier alpha value is -3.79. The van der Waals surface area contributed by atoms with E-state index in [1.54, 1.807) is 0 Å². The summed E-state index contributed by atoms with van der Waals surface area (Å²) in [5.41, 5.74) is 0. The van der Waals surface area contributed by atoms with Crippen LogP contribution in [-0.4, -0.2) is 12.3 Å². The van der Waals surface area contributed by atoms with Gasteiger partial charge in [0.25, 0.3) is 0 Å². The maximum absolute atomic E-state index is 2.49. The molecule has 0 radical (unpaired) electrons. The van der Waals surface area contributed by atoms with Gasteiger partial charge in [-0.1, -0.05) is 109 Å². The summed E-state index contributed by atoms with van der Waals surface area (Å²) in [7, 11) is -3.85. The van der Waals surface area contributed by atoms with Crippen molar-refractivity contribution in [1.82, 2.24) is 0 Å². The number of allylic oxidation sites excluding steroid dienone is 2. The van der Waals surface area contributed by atoms with Gasteiger partial charge in [-0.15, -0.1) is 0 Å². The van der Waals surface area contributed by atoms with Gasteiger partial charge in [-0.3, -0.25) is 0 Å². The van der Waals surface area contributed by atoms with E-state index in [1.165, 1.54) is 31.8 Å². The van der Waals surface area contributed by atoms with E-state index in [4.69, 9.17) is 0 Å². The van der Waals surface area contributed by atoms with Crippen molar-refractivity contribution in [2.24, 2.45) is 0 Å². The van der Waals surface area contributed by atoms with Crippen LogP contribution in [0, 0.1) is 0 Å². The van der Waals surface area contributed by atoms with E-state index < -0.39 is 14.5 Å². The zero-order valence-corrected chi connectivity index (χ0v) is 26.7. The van der Waals surface area contributed by atoms with Crippen LogP contribution in [-0.2, 0) is 0 Å². The molecule has 0 N–H and O–H groups in total. The first-order valence-corrected chi connectivity index (χ1v) is 18.5. The molecule has 6 rings (SSSR count). The molecule has 0 unspecified atom stereocenters. The predicted octanol–water partition coefficient (Wildman–Crippen LogP) is 4.53. The van der Waals surface area contributed by atoms with Crippen LogP contribution in [0.4, 0.5) is 0 Å². The molecule has 0 aromatic heterocycles. The highest BCUT2D eigenvalue weighted by molar-refractivity contribution is 7.96. The molecule has 0 nitrogen and oxygen atoms in total. The molecular weight excluding hydrogens is 578 g/mol. The van der Waals surface area contributed by atoms with Crippen LogP contribution in [0.1, 0.15) is 0 Å². The van der Waals surface area contributed by atoms with Gasteiger partial charge in [0.2, 0.25) is 0 Å². The highest BCUT2D eigenvalue weighted by Gasteiger charge is 2.46. The lowest BCUT2D eigenvalue weighted by molar-refractivity contribution is -0.00000798. The van der Waals surface area contributed by atoms with E-state index in [2.05, 4.69) is 194 Å². The molecule has 0 saturated carbocycles. The standard InChI is InChI=1S/C40H36P2.ClH/c1-7-21-35(22-8-1)41(36-23-9-2-10-24-36,37-25-11-3-12-26-37)33-19-20-34-42(38-27-13-4-14-28-38,39-29-15-5-16-30-39)40-31-17-6-18-32-40;/h1-32H,33-34H2;1H/q+2;/p-1/b20-19+;. The van der Waals surface area contributed by atoms with E-state index in [9.17, 15) is 0 Å². The highest BCUT2D eigenvalue weighted by atomic mass is 35.5. The van der Waals surface area contributed by atoms with Crippen molar-refractivity contribution in [2.45, 2.75) is 0 Å². The average molecular weight is 614 g/mol. The number of halogens is 1. The minimum absolute atomic E-state index is 0. The normalized spacial score (nSPS) is 11.6. The monoisotopic (exact) mass is 613 g/mol. The van der Waals surface area contributed by atoms with Crippen molar-refractivity contribution in [3.05, 3.63) is 194 Å². The number of hydrogen-bond donors (Lipinski definition) is 0. The van der Waals surface area contributed by atoms with Crippen molar-refractivity contribution < 1.29 is 12.4 Å². The molecule has 3 heteroatoms. The Kier molecular flexibility index (Phi) is 10.4. The molecule has 6 aromatic rings. The summed E-state index contributed by atoms with van der Waals surface area (Å²) in [6, 6.07) is 67.0. The minimum atomic E-state index is -1.93. The topological polar surface area (TPSA) is 0 Å². The number of benzene rings is 6. The molecule has 0 aliphatic heterocycles. The fourth-order valence-electron chi connectivity index (χ4n) is 6.09. The molecule has 43 heavy (non-hydrogen) atoms. The molecular formula is C40H36ClP2+. The summed E-state index contributed by atoms with van der Waals surface area (Å²) in [6.07, 6.45) is 6.93. The highest BCUT2D eigenvalue weighted by Crippen LogP contribution is 2.57. The van der Waals surface area contributed by atoms with Gasteiger partial charge in [0.05, 0.1) is 12.3 Å². The Labute approximate surface area is 264 Å². The molecule has 0 fully saturated rings. The molecule has 0 spiro atoms. The number of hydrogen-bond acceptors (Lipinski definition) is 0. The van der Waals surface area contributed by atoms with Crippen LogP contribution in [0.5, 0.6) is 0 Å². The lowest BCUT2D eigenvalue weighted by Crippen LogP contribution is -3.00. The first-order valence-electron chi connectivity index (χ1n) is 14.6. The first-order chi connectivity index (χ1) is 20.8. The fraction of sp³-hybridized carbons (Fsp3) is 0.0500. The maximum Gasteiger partial charge on any atom is 0.115 e. The van der Waals surface area contributed by atoms with Gasteiger partial charge in [0, 0.05) is 0 Å². The van der Waals surface area contributed by atoms with Gasteiger partial charge in [0.15, 0.2) is 0 Å². The summed E-state index contributed by atoms with van der Waals surface area (Å²) >= 11 is 0. The zero-order chi connectivity index (χ0) is 28.5. The second-order valence-corrected chi connectivity index (χ2v) is 17.5. The van der Waals surface area contributed by atoms with Crippen molar-refractivity contribution in [1.29, 1.82) is 0 Å². The summed E-state index contributed by atoms with van der Waals surface area (Å²) in [4.78, 5) is 0. The fourth-order valence-corrected chi connectivity index (χ4v) is 14.2. The van der Waals surface area contributed by atoms with Gasteiger partial charge in [0.1, 0.15) is 46.4 Å². The van der Waals surface area contributed by atoms with Gasteiger partial charge in [-0.05, 0) is 84.9 Å². The third kappa shape index (κ3) is 6.30. The SMILES string of the molecule is C(=C\C[P+](c1ccccc1)(c1ccccc1)c1ccccc1)/C[P+](c1ccccc1)(c1ccccc1)c1ccccc1.[Cl-]. The van der Waals surface area contributed by atoms with Crippen LogP contribution in [0.15, 0.2) is 194 Å². The smallest absolute Gasteiger partial charge is 0.115 e. The lowest BCUT2D eigenvalue weighted by Gasteiger charge is -2.28. The Morgan fingerprint density at radius 2 is 0.442 bits per heavy atom. The van der Waals surface area contributed by atoms with Gasteiger partial charge in [-0.2, -0.15) is 0 Å². The molecule has 0 aliphatic carbocycles. The Balaban J connectivity index is 0.00000368. The molecule has 0 aliphatic rings. The molecule has 0 atom stereocenters. The molecule has 0 heterocycles. The second-order valence-electron chi connectivity index (χ2n) is 10.5. The molecule has 0 amide bonds. The maximum atomic E-state index is 2.49. The van der Waals surface area contributed by atoms with Crippen molar-refractivity contribution in [2.75, 3.05) is 12.3 Å². The van der Waals surface area contributed by atoms with E-state index >= 15 is 0 Å². The van der Waals surface area contributed by atoms with Crippen LogP contribution in [0.2, 0.25) is 0 Å². The molecule has 0 bridgehead atoms. The van der Waals surface area contributed by atoms with Crippen molar-refractivity contribution in [3.63, 3.8) is 0 Å². The Morgan fingerprint density at radius 1 is 0.279 bits per heavy atom. The van der Waals surface area contributed by atoms with Crippen molar-refractivity contribution in [3.8, 4) is 0 Å². The third-order valence-corrected chi connectivity index (χ3v) is 16.7. The quantitative estimate of drug-likeness (QED) is 0.157.